The predicted molar refractivity (Wildman–Crippen MR) is 128 cm³/mol. The zero-order chi connectivity index (χ0) is 23.3. The first-order valence-electron chi connectivity index (χ1n) is 12.6. The molecule has 1 spiro atoms. The predicted octanol–water partition coefficient (Wildman–Crippen LogP) is 4.55. The van der Waals surface area contributed by atoms with Gasteiger partial charge in [-0.05, 0) is 48.6 Å². The van der Waals surface area contributed by atoms with Crippen LogP contribution in [0.2, 0.25) is 5.02 Å². The smallest absolute Gasteiger partial charge is 0.174 e. The third kappa shape index (κ3) is 2.66. The molecule has 2 aromatic carbocycles. The number of likely N-dealkylation sites (N-methyl/N-ethyl adjacent to an activating group) is 1. The monoisotopic (exact) mass is 480 g/mol. The van der Waals surface area contributed by atoms with Gasteiger partial charge in [0.2, 0.25) is 0 Å². The van der Waals surface area contributed by atoms with Gasteiger partial charge in [-0.1, -0.05) is 29.8 Å². The average Bonchev–Trinajstić information content (AvgIpc) is 3.55. The summed E-state index contributed by atoms with van der Waals surface area (Å²) in [6.45, 7) is 2.66. The van der Waals surface area contributed by atoms with Crippen LogP contribution in [-0.4, -0.2) is 53.3 Å². The van der Waals surface area contributed by atoms with Crippen molar-refractivity contribution < 1.29 is 23.9 Å². The molecule has 1 N–H and O–H groups in total. The lowest BCUT2D eigenvalue weighted by Gasteiger charge is -2.66. The summed E-state index contributed by atoms with van der Waals surface area (Å²) in [4.78, 5) is 13.4. The Morgan fingerprint density at radius 3 is 2.74 bits per heavy atom. The highest BCUT2D eigenvalue weighted by atomic mass is 35.5. The van der Waals surface area contributed by atoms with E-state index in [0.29, 0.717) is 30.2 Å². The number of likely N-dealkylation sites (tertiary alicyclic amines) is 1. The van der Waals surface area contributed by atoms with Crippen molar-refractivity contribution in [2.45, 2.75) is 68.3 Å². The molecular formula is C28H31ClNO4+. The number of aromatic hydroxyl groups is 1. The maximum absolute atomic E-state index is 13.4. The number of phenolic OH excluding ortho intramolecular Hbond substituents is 1. The molecule has 7 rings (SSSR count). The van der Waals surface area contributed by atoms with Gasteiger partial charge >= 0.3 is 0 Å². The molecule has 1 saturated heterocycles. The Kier molecular flexibility index (Phi) is 4.36. The van der Waals surface area contributed by atoms with Crippen molar-refractivity contribution >= 4 is 17.4 Å². The van der Waals surface area contributed by atoms with Crippen LogP contribution in [0.4, 0.5) is 0 Å². The van der Waals surface area contributed by atoms with Crippen molar-refractivity contribution in [2.75, 3.05) is 20.1 Å². The Morgan fingerprint density at radius 2 is 1.97 bits per heavy atom. The molecule has 2 saturated carbocycles. The fraction of sp³-hybridized carbons (Fsp3) is 0.536. The van der Waals surface area contributed by atoms with Crippen molar-refractivity contribution in [3.05, 3.63) is 58.1 Å². The topological polar surface area (TPSA) is 55.8 Å². The van der Waals surface area contributed by atoms with E-state index in [0.717, 1.165) is 40.9 Å². The minimum atomic E-state index is -0.578. The molecule has 5 nitrogen and oxygen atoms in total. The van der Waals surface area contributed by atoms with Crippen LogP contribution in [0.1, 0.15) is 48.8 Å². The summed E-state index contributed by atoms with van der Waals surface area (Å²) in [5.41, 5.74) is 2.30. The number of ketones is 1. The van der Waals surface area contributed by atoms with E-state index in [4.69, 9.17) is 21.1 Å². The third-order valence-electron chi connectivity index (χ3n) is 9.65. The van der Waals surface area contributed by atoms with E-state index in [2.05, 4.69) is 13.1 Å². The number of ether oxygens (including phenoxy) is 2. The van der Waals surface area contributed by atoms with Gasteiger partial charge < -0.3 is 19.1 Å². The molecule has 5 aliphatic rings. The van der Waals surface area contributed by atoms with Crippen LogP contribution in [0.3, 0.4) is 0 Å². The van der Waals surface area contributed by atoms with Crippen LogP contribution in [0, 0.1) is 5.92 Å². The number of piperidine rings is 1. The zero-order valence-electron chi connectivity index (χ0n) is 19.6. The second-order valence-electron chi connectivity index (χ2n) is 11.5. The van der Waals surface area contributed by atoms with E-state index in [-0.39, 0.29) is 17.6 Å². The normalized spacial score (nSPS) is 37.3. The van der Waals surface area contributed by atoms with Gasteiger partial charge in [-0.25, -0.2) is 0 Å². The zero-order valence-corrected chi connectivity index (χ0v) is 20.3. The molecule has 2 aliphatic heterocycles. The summed E-state index contributed by atoms with van der Waals surface area (Å²) in [6.07, 6.45) is 4.96. The number of benzene rings is 2. The summed E-state index contributed by atoms with van der Waals surface area (Å²) < 4.78 is 14.5. The SMILES string of the molecule is C[N@+]1(CC2CC2)CC[C@]23c4c5ccc(O)c4OC2C(=O)CCC3(OCc2ccc(Cl)cc2)C1C5. The molecule has 0 amide bonds. The maximum atomic E-state index is 13.4. The number of phenols is 1. The number of halogens is 1. The number of quaternary nitrogens is 1. The molecule has 6 heteroatoms. The molecule has 5 atom stereocenters. The standard InChI is InChI=1S/C28H30ClNO4/c1-30(15-17-2-3-17)13-12-27-24-19-6-9-21(31)25(24)34-26(27)22(32)10-11-28(27,23(30)14-19)33-16-18-4-7-20(29)8-5-18/h4-9,17,23,26H,2-3,10-16H2,1H3/p+1/t23?,26?,27-,28?,30+/m0/s1. The van der Waals surface area contributed by atoms with Crippen LogP contribution in [0.25, 0.3) is 0 Å². The van der Waals surface area contributed by atoms with Crippen molar-refractivity contribution in [1.82, 2.24) is 0 Å². The number of hydrogen-bond donors (Lipinski definition) is 1. The molecule has 2 aromatic rings. The van der Waals surface area contributed by atoms with Gasteiger partial charge in [0.15, 0.2) is 23.4 Å². The minimum Gasteiger partial charge on any atom is -0.504 e. The van der Waals surface area contributed by atoms with E-state index < -0.39 is 17.1 Å². The lowest BCUT2D eigenvalue weighted by molar-refractivity contribution is -0.950. The fourth-order valence-corrected chi connectivity index (χ4v) is 8.12. The second-order valence-corrected chi connectivity index (χ2v) is 11.9. The van der Waals surface area contributed by atoms with Gasteiger partial charge in [-0.2, -0.15) is 0 Å². The van der Waals surface area contributed by atoms with Crippen molar-refractivity contribution in [2.24, 2.45) is 5.92 Å². The molecule has 34 heavy (non-hydrogen) atoms. The van der Waals surface area contributed by atoms with Gasteiger partial charge in [0.25, 0.3) is 0 Å². The quantitative estimate of drug-likeness (QED) is 0.638. The van der Waals surface area contributed by atoms with Crippen LogP contribution >= 0.6 is 11.6 Å². The lowest BCUT2D eigenvalue weighted by atomic mass is 9.48. The van der Waals surface area contributed by atoms with Crippen LogP contribution in [-0.2, 0) is 28.0 Å². The molecule has 3 fully saturated rings. The Bertz CT molecular complexity index is 1190. The van der Waals surface area contributed by atoms with Crippen LogP contribution < -0.4 is 4.74 Å². The van der Waals surface area contributed by atoms with Gasteiger partial charge in [-0.3, -0.25) is 4.79 Å². The molecule has 3 aliphatic carbocycles. The number of nitrogens with zero attached hydrogens (tertiary/aromatic N) is 1. The number of carbonyl (C=O) groups excluding carboxylic acids is 1. The number of Topliss-reactive ketones (excluding diaryl/α,β-unsaturated/α-hetero) is 1. The Labute approximate surface area is 205 Å². The minimum absolute atomic E-state index is 0.140. The Morgan fingerprint density at radius 1 is 1.18 bits per heavy atom. The number of rotatable bonds is 5. The molecule has 2 heterocycles. The largest absolute Gasteiger partial charge is 0.504 e. The molecule has 2 bridgehead atoms. The summed E-state index contributed by atoms with van der Waals surface area (Å²) in [5, 5.41) is 11.5. The lowest BCUT2D eigenvalue weighted by Crippen LogP contribution is -2.81. The molecule has 0 aromatic heterocycles. The second kappa shape index (κ2) is 6.99. The Hall–Kier alpha value is -2.08. The summed E-state index contributed by atoms with van der Waals surface area (Å²) >= 11 is 6.13. The van der Waals surface area contributed by atoms with Crippen LogP contribution in [0.5, 0.6) is 11.5 Å². The summed E-state index contributed by atoms with van der Waals surface area (Å²) in [7, 11) is 2.41. The average molecular weight is 481 g/mol. The first kappa shape index (κ1) is 21.2. The maximum Gasteiger partial charge on any atom is 0.174 e. The van der Waals surface area contributed by atoms with Crippen molar-refractivity contribution in [3.63, 3.8) is 0 Å². The van der Waals surface area contributed by atoms with Gasteiger partial charge in [0.05, 0.1) is 32.2 Å². The first-order chi connectivity index (χ1) is 16.4. The molecule has 0 radical (unpaired) electrons. The highest BCUT2D eigenvalue weighted by Gasteiger charge is 2.77. The fourth-order valence-electron chi connectivity index (χ4n) is 7.99. The molecular weight excluding hydrogens is 450 g/mol. The van der Waals surface area contributed by atoms with Crippen molar-refractivity contribution in [3.8, 4) is 11.5 Å². The van der Waals surface area contributed by atoms with Crippen LogP contribution in [0.15, 0.2) is 36.4 Å². The van der Waals surface area contributed by atoms with E-state index in [1.54, 1.807) is 6.07 Å². The van der Waals surface area contributed by atoms with E-state index in [9.17, 15) is 9.90 Å². The highest BCUT2D eigenvalue weighted by molar-refractivity contribution is 6.30. The Balaban J connectivity index is 1.41. The van der Waals surface area contributed by atoms with E-state index in [1.165, 1.54) is 24.9 Å². The number of carbonyl (C=O) groups is 1. The molecule has 3 unspecified atom stereocenters. The van der Waals surface area contributed by atoms with Gasteiger partial charge in [-0.15, -0.1) is 0 Å². The number of hydrogen-bond acceptors (Lipinski definition) is 4. The van der Waals surface area contributed by atoms with E-state index in [1.807, 2.05) is 24.3 Å². The molecule has 178 valence electrons. The first-order valence-corrected chi connectivity index (χ1v) is 13.0. The van der Waals surface area contributed by atoms with Crippen molar-refractivity contribution in [1.29, 1.82) is 0 Å². The van der Waals surface area contributed by atoms with E-state index >= 15 is 0 Å². The third-order valence-corrected chi connectivity index (χ3v) is 9.90. The van der Waals surface area contributed by atoms with Gasteiger partial charge in [0, 0.05) is 35.8 Å². The summed E-state index contributed by atoms with van der Waals surface area (Å²) in [5.74, 6) is 1.60. The highest BCUT2D eigenvalue weighted by Crippen LogP contribution is 2.67. The van der Waals surface area contributed by atoms with Gasteiger partial charge in [0.1, 0.15) is 11.6 Å². The summed E-state index contributed by atoms with van der Waals surface area (Å²) in [6, 6.07) is 11.9.